The Morgan fingerprint density at radius 1 is 1.29 bits per heavy atom. The van der Waals surface area contributed by atoms with E-state index in [0.717, 1.165) is 17.5 Å². The van der Waals surface area contributed by atoms with Gasteiger partial charge in [-0.1, -0.05) is 19.9 Å². The fourth-order valence-electron chi connectivity index (χ4n) is 1.87. The molecule has 0 aliphatic rings. The van der Waals surface area contributed by atoms with E-state index in [2.05, 4.69) is 0 Å². The topological polar surface area (TPSA) is 20.2 Å². The average molecular weight is 198 g/mol. The first-order valence-corrected chi connectivity index (χ1v) is 5.06. The van der Waals surface area contributed by atoms with E-state index in [4.69, 9.17) is 5.11 Å². The molecule has 1 N–H and O–H groups in total. The quantitative estimate of drug-likeness (QED) is 0.791. The Morgan fingerprint density at radius 3 is 2.36 bits per heavy atom. The normalized spacial score (nSPS) is 10.6. The van der Waals surface area contributed by atoms with Crippen molar-refractivity contribution in [3.05, 3.63) is 34.1 Å². The number of aryl methyl sites for hydroxylation is 1. The summed E-state index contributed by atoms with van der Waals surface area (Å²) < 4.78 is 13.7. The van der Waals surface area contributed by atoms with Crippen molar-refractivity contribution in [1.82, 2.24) is 0 Å². The molecule has 2 heteroatoms. The van der Waals surface area contributed by atoms with Crippen LogP contribution in [0, 0.1) is 12.7 Å². The van der Waals surface area contributed by atoms with E-state index in [9.17, 15) is 4.39 Å². The molecule has 0 saturated carbocycles. The highest BCUT2D eigenvalue weighted by Crippen LogP contribution is 2.22. The minimum Gasteiger partial charge on any atom is -0.392 e. The van der Waals surface area contributed by atoms with Gasteiger partial charge >= 0.3 is 0 Å². The van der Waals surface area contributed by atoms with Crippen molar-refractivity contribution in [1.29, 1.82) is 0 Å². The van der Waals surface area contributed by atoms with Crippen LogP contribution in [0.15, 0.2) is 6.07 Å². The van der Waals surface area contributed by atoms with Crippen molar-refractivity contribution in [2.75, 3.05) is 0 Å². The van der Waals surface area contributed by atoms with Crippen LogP contribution in [-0.4, -0.2) is 5.11 Å². The van der Waals surface area contributed by atoms with Crippen LogP contribution < -0.4 is 0 Å². The molecular weight excluding hydrogens is 179 g/mol. The molecule has 0 atom stereocenters. The Kier molecular flexibility index (Phi) is 3.64. The van der Waals surface area contributed by atoms with E-state index in [1.807, 2.05) is 13.8 Å². The van der Waals surface area contributed by atoms with Crippen LogP contribution in [-0.2, 0) is 19.4 Å². The van der Waals surface area contributed by atoms with Crippen LogP contribution in [0.1, 0.15) is 37.5 Å². The van der Waals surface area contributed by atoms with Gasteiger partial charge in [-0.05, 0) is 42.0 Å². The van der Waals surface area contributed by atoms with E-state index in [0.29, 0.717) is 17.5 Å². The summed E-state index contributed by atoms with van der Waals surface area (Å²) in [6.07, 6.45) is 1.44. The van der Waals surface area contributed by atoms with Gasteiger partial charge in [-0.15, -0.1) is 0 Å². The van der Waals surface area contributed by atoms with Crippen molar-refractivity contribution in [2.24, 2.45) is 0 Å². The lowest BCUT2D eigenvalue weighted by Crippen LogP contribution is -2.03. The monoisotopic (exact) mass is 198 g/mol. The van der Waals surface area contributed by atoms with Gasteiger partial charge in [0, 0.05) is 1.43 Å². The zero-order chi connectivity index (χ0) is 10.7. The predicted octanol–water partition coefficient (Wildman–Crippen LogP) is 3.00. The molecule has 14 heavy (non-hydrogen) atoms. The number of aliphatic hydroxyl groups is 1. The van der Waals surface area contributed by atoms with Gasteiger partial charge in [0.05, 0.1) is 6.61 Å². The molecule has 0 heterocycles. The summed E-state index contributed by atoms with van der Waals surface area (Å²) in [5.74, 6) is -0.110. The molecule has 0 aliphatic carbocycles. The number of rotatable bonds is 3. The summed E-state index contributed by atoms with van der Waals surface area (Å²) in [6, 6.07) is 1.78. The second kappa shape index (κ2) is 4.56. The minimum absolute atomic E-state index is 0. The third kappa shape index (κ3) is 1.80. The molecule has 0 aliphatic heterocycles. The molecule has 0 bridgehead atoms. The lowest BCUT2D eigenvalue weighted by molar-refractivity contribution is 0.280. The van der Waals surface area contributed by atoms with Gasteiger partial charge < -0.3 is 5.11 Å². The first-order chi connectivity index (χ1) is 6.65. The fourth-order valence-corrected chi connectivity index (χ4v) is 1.87. The molecular formula is C12H19FO. The molecule has 0 amide bonds. The first-order valence-electron chi connectivity index (χ1n) is 5.06. The summed E-state index contributed by atoms with van der Waals surface area (Å²) in [7, 11) is 0. The highest BCUT2D eigenvalue weighted by atomic mass is 19.1. The molecule has 1 aromatic carbocycles. The van der Waals surface area contributed by atoms with Gasteiger partial charge in [0.15, 0.2) is 0 Å². The summed E-state index contributed by atoms with van der Waals surface area (Å²) in [5, 5.41) is 9.16. The Balaban J connectivity index is 0.00000196. The van der Waals surface area contributed by atoms with Gasteiger partial charge in [-0.2, -0.15) is 0 Å². The highest BCUT2D eigenvalue weighted by molar-refractivity contribution is 5.39. The number of hydrogen-bond donors (Lipinski definition) is 1. The van der Waals surface area contributed by atoms with Gasteiger partial charge in [-0.25, -0.2) is 4.39 Å². The van der Waals surface area contributed by atoms with Crippen LogP contribution in [0.3, 0.4) is 0 Å². The molecule has 0 radical (unpaired) electrons. The lowest BCUT2D eigenvalue weighted by Gasteiger charge is -2.13. The van der Waals surface area contributed by atoms with Gasteiger partial charge in [-0.3, -0.25) is 0 Å². The minimum atomic E-state index is -0.110. The number of halogens is 1. The predicted molar refractivity (Wildman–Crippen MR) is 57.9 cm³/mol. The van der Waals surface area contributed by atoms with Crippen molar-refractivity contribution in [3.8, 4) is 0 Å². The van der Waals surface area contributed by atoms with Crippen LogP contribution in [0.25, 0.3) is 0 Å². The smallest absolute Gasteiger partial charge is 0.129 e. The van der Waals surface area contributed by atoms with Crippen molar-refractivity contribution in [2.45, 2.75) is 40.2 Å². The van der Waals surface area contributed by atoms with Crippen LogP contribution in [0.2, 0.25) is 0 Å². The van der Waals surface area contributed by atoms with Gasteiger partial charge in [0.1, 0.15) is 5.82 Å². The maximum absolute atomic E-state index is 13.7. The van der Waals surface area contributed by atoms with E-state index < -0.39 is 0 Å². The lowest BCUT2D eigenvalue weighted by atomic mass is 9.95. The Labute approximate surface area is 86.1 Å². The second-order valence-corrected chi connectivity index (χ2v) is 3.48. The Bertz CT molecular complexity index is 337. The zero-order valence-corrected chi connectivity index (χ0v) is 9.02. The first kappa shape index (κ1) is 11.2. The Hall–Kier alpha value is -0.890. The Morgan fingerprint density at radius 2 is 1.93 bits per heavy atom. The standard InChI is InChI=1S/C12H17FO.H2/c1-4-9-6-10(7-14)11(5-2)8(3)12(9)13;/h6,14H,4-5,7H2,1-3H3;1H. The molecule has 0 aromatic heterocycles. The van der Waals surface area contributed by atoms with Crippen LogP contribution >= 0.6 is 0 Å². The number of hydrogen-bond acceptors (Lipinski definition) is 1. The zero-order valence-electron chi connectivity index (χ0n) is 9.02. The third-order valence-corrected chi connectivity index (χ3v) is 2.70. The molecule has 0 fully saturated rings. The third-order valence-electron chi connectivity index (χ3n) is 2.70. The molecule has 1 nitrogen and oxygen atoms in total. The molecule has 0 spiro atoms. The van der Waals surface area contributed by atoms with E-state index >= 15 is 0 Å². The number of aliphatic hydroxyl groups excluding tert-OH is 1. The largest absolute Gasteiger partial charge is 0.392 e. The molecule has 1 aromatic rings. The maximum atomic E-state index is 13.7. The van der Waals surface area contributed by atoms with Crippen molar-refractivity contribution >= 4 is 0 Å². The fraction of sp³-hybridized carbons (Fsp3) is 0.500. The summed E-state index contributed by atoms with van der Waals surface area (Å²) in [5.41, 5.74) is 3.20. The summed E-state index contributed by atoms with van der Waals surface area (Å²) >= 11 is 0. The van der Waals surface area contributed by atoms with Crippen LogP contribution in [0.4, 0.5) is 4.39 Å². The molecule has 0 unspecified atom stereocenters. The SMILES string of the molecule is CCc1cc(CO)c(CC)c(C)c1F.[HH]. The maximum Gasteiger partial charge on any atom is 0.129 e. The van der Waals surface area contributed by atoms with Crippen molar-refractivity contribution < 1.29 is 10.9 Å². The highest BCUT2D eigenvalue weighted by Gasteiger charge is 2.12. The van der Waals surface area contributed by atoms with Crippen LogP contribution in [0.5, 0.6) is 0 Å². The van der Waals surface area contributed by atoms with E-state index in [-0.39, 0.29) is 13.9 Å². The molecule has 80 valence electrons. The molecule has 0 saturated heterocycles. The van der Waals surface area contributed by atoms with Gasteiger partial charge in [0.25, 0.3) is 0 Å². The van der Waals surface area contributed by atoms with Crippen molar-refractivity contribution in [3.63, 3.8) is 0 Å². The average Bonchev–Trinajstić information content (AvgIpc) is 2.21. The summed E-state index contributed by atoms with van der Waals surface area (Å²) in [6.45, 7) is 5.68. The molecule has 1 rings (SSSR count). The summed E-state index contributed by atoms with van der Waals surface area (Å²) in [4.78, 5) is 0. The number of benzene rings is 1. The van der Waals surface area contributed by atoms with Gasteiger partial charge in [0.2, 0.25) is 0 Å². The van der Waals surface area contributed by atoms with E-state index in [1.165, 1.54) is 0 Å². The van der Waals surface area contributed by atoms with E-state index in [1.54, 1.807) is 13.0 Å². The second-order valence-electron chi connectivity index (χ2n) is 3.48.